The van der Waals surface area contributed by atoms with Crippen LogP contribution in [0, 0.1) is 0 Å². The molecule has 0 fully saturated rings. The minimum Gasteiger partial charge on any atom is -0.383 e. The summed E-state index contributed by atoms with van der Waals surface area (Å²) in [5, 5.41) is 3.70. The normalized spacial score (nSPS) is 9.91. The molecule has 6 N–H and O–H groups in total. The first kappa shape index (κ1) is 7.39. The number of amides is 1. The Morgan fingerprint density at radius 1 is 1.55 bits per heavy atom. The van der Waals surface area contributed by atoms with Crippen LogP contribution in [-0.4, -0.2) is 15.7 Å². The average Bonchev–Trinajstić information content (AvgIpc) is 2.07. The third kappa shape index (κ3) is 0.977. The van der Waals surface area contributed by atoms with E-state index >= 15 is 0 Å². The largest absolute Gasteiger partial charge is 0.383 e. The molecule has 6 heteroatoms. The van der Waals surface area contributed by atoms with Crippen molar-refractivity contribution in [2.75, 3.05) is 11.5 Å². The van der Waals surface area contributed by atoms with Crippen LogP contribution >= 0.6 is 0 Å². The summed E-state index contributed by atoms with van der Waals surface area (Å²) in [6.45, 7) is 0. The lowest BCUT2D eigenvalue weighted by molar-refractivity contribution is 0.100. The zero-order chi connectivity index (χ0) is 8.59. The number of carbonyl (C=O) groups excluding carboxylic acids is 1. The predicted octanol–water partition coefficient (Wildman–Crippen LogP) is -1.32. The van der Waals surface area contributed by atoms with Gasteiger partial charge in [0.05, 0.1) is 0 Å². The predicted molar refractivity (Wildman–Crippen MR) is 40.6 cm³/mol. The van der Waals surface area contributed by atoms with E-state index in [0.29, 0.717) is 0 Å². The standard InChI is InChI=1S/C5H9N5O/c1-10-4(7)2(5(8)11)3(6)9-10/h7H2,1H3,(H2,6,9)(H2,8,11). The molecule has 1 aromatic heterocycles. The van der Waals surface area contributed by atoms with Crippen LogP contribution in [0.25, 0.3) is 0 Å². The van der Waals surface area contributed by atoms with Gasteiger partial charge in [-0.05, 0) is 0 Å². The van der Waals surface area contributed by atoms with Crippen molar-refractivity contribution in [3.8, 4) is 0 Å². The van der Waals surface area contributed by atoms with Crippen LogP contribution in [0.1, 0.15) is 10.4 Å². The Balaban J connectivity index is 3.34. The monoisotopic (exact) mass is 155 g/mol. The van der Waals surface area contributed by atoms with E-state index in [4.69, 9.17) is 17.2 Å². The van der Waals surface area contributed by atoms with E-state index in [-0.39, 0.29) is 17.2 Å². The van der Waals surface area contributed by atoms with Gasteiger partial charge in [-0.2, -0.15) is 5.10 Å². The molecular weight excluding hydrogens is 146 g/mol. The highest BCUT2D eigenvalue weighted by Gasteiger charge is 2.15. The number of hydrogen-bond acceptors (Lipinski definition) is 4. The summed E-state index contributed by atoms with van der Waals surface area (Å²) < 4.78 is 1.30. The maximum atomic E-state index is 10.7. The molecule has 0 aromatic carbocycles. The molecule has 0 unspecified atom stereocenters. The van der Waals surface area contributed by atoms with Gasteiger partial charge < -0.3 is 17.2 Å². The van der Waals surface area contributed by atoms with Crippen LogP contribution in [0.2, 0.25) is 0 Å². The third-order valence-corrected chi connectivity index (χ3v) is 1.37. The van der Waals surface area contributed by atoms with Gasteiger partial charge in [0.1, 0.15) is 11.4 Å². The highest BCUT2D eigenvalue weighted by molar-refractivity contribution is 6.01. The Labute approximate surface area is 62.9 Å². The van der Waals surface area contributed by atoms with Crippen molar-refractivity contribution < 1.29 is 4.79 Å². The molecule has 0 saturated heterocycles. The third-order valence-electron chi connectivity index (χ3n) is 1.37. The fraction of sp³-hybridized carbons (Fsp3) is 0.200. The van der Waals surface area contributed by atoms with E-state index in [1.165, 1.54) is 4.68 Å². The van der Waals surface area contributed by atoms with Crippen LogP contribution in [0.15, 0.2) is 0 Å². The molecule has 0 aliphatic heterocycles. The topological polar surface area (TPSA) is 113 Å². The summed E-state index contributed by atoms with van der Waals surface area (Å²) in [5.41, 5.74) is 15.8. The molecule has 0 atom stereocenters. The number of anilines is 2. The maximum absolute atomic E-state index is 10.7. The van der Waals surface area contributed by atoms with Crippen molar-refractivity contribution in [2.45, 2.75) is 0 Å². The molecule has 1 amide bonds. The van der Waals surface area contributed by atoms with Gasteiger partial charge >= 0.3 is 0 Å². The molecule has 60 valence electrons. The number of hydrogen-bond donors (Lipinski definition) is 3. The molecule has 1 rings (SSSR count). The number of rotatable bonds is 1. The Hall–Kier alpha value is -1.72. The van der Waals surface area contributed by atoms with E-state index in [1.807, 2.05) is 0 Å². The van der Waals surface area contributed by atoms with Gasteiger partial charge in [-0.3, -0.25) is 9.48 Å². The number of nitrogens with zero attached hydrogens (tertiary/aromatic N) is 2. The first-order valence-corrected chi connectivity index (χ1v) is 2.91. The number of carbonyl (C=O) groups is 1. The van der Waals surface area contributed by atoms with Crippen LogP contribution in [0.3, 0.4) is 0 Å². The highest BCUT2D eigenvalue weighted by atomic mass is 16.1. The van der Waals surface area contributed by atoms with E-state index < -0.39 is 5.91 Å². The van der Waals surface area contributed by atoms with Crippen molar-refractivity contribution >= 4 is 17.5 Å². The zero-order valence-corrected chi connectivity index (χ0v) is 6.03. The fourth-order valence-electron chi connectivity index (χ4n) is 0.811. The van der Waals surface area contributed by atoms with Crippen molar-refractivity contribution in [3.05, 3.63) is 5.56 Å². The maximum Gasteiger partial charge on any atom is 0.256 e. The van der Waals surface area contributed by atoms with E-state index in [2.05, 4.69) is 5.10 Å². The quantitative estimate of drug-likeness (QED) is 0.467. The van der Waals surface area contributed by atoms with Crippen LogP contribution in [0.5, 0.6) is 0 Å². The van der Waals surface area contributed by atoms with Gasteiger partial charge in [-0.25, -0.2) is 0 Å². The summed E-state index contributed by atoms with van der Waals surface area (Å²) in [6, 6.07) is 0. The molecule has 1 aromatic rings. The summed E-state index contributed by atoms with van der Waals surface area (Å²) in [7, 11) is 1.58. The minimum atomic E-state index is -0.659. The second kappa shape index (κ2) is 2.15. The Kier molecular flexibility index (Phi) is 1.45. The summed E-state index contributed by atoms with van der Waals surface area (Å²) in [6.07, 6.45) is 0. The van der Waals surface area contributed by atoms with Crippen LogP contribution in [0.4, 0.5) is 11.6 Å². The van der Waals surface area contributed by atoms with Gasteiger partial charge in [0.15, 0.2) is 5.82 Å². The van der Waals surface area contributed by atoms with E-state index in [9.17, 15) is 4.79 Å². The van der Waals surface area contributed by atoms with Crippen molar-refractivity contribution in [2.24, 2.45) is 12.8 Å². The fourth-order valence-corrected chi connectivity index (χ4v) is 0.811. The molecule has 11 heavy (non-hydrogen) atoms. The molecule has 0 radical (unpaired) electrons. The lowest BCUT2D eigenvalue weighted by Gasteiger charge is -1.93. The van der Waals surface area contributed by atoms with Crippen molar-refractivity contribution in [1.82, 2.24) is 9.78 Å². The molecule has 0 bridgehead atoms. The number of primary amides is 1. The van der Waals surface area contributed by atoms with Crippen molar-refractivity contribution in [1.29, 1.82) is 0 Å². The van der Waals surface area contributed by atoms with Gasteiger partial charge in [-0.15, -0.1) is 0 Å². The van der Waals surface area contributed by atoms with E-state index in [0.717, 1.165) is 0 Å². The molecule has 1 heterocycles. The summed E-state index contributed by atoms with van der Waals surface area (Å²) in [5.74, 6) is -0.402. The second-order valence-corrected chi connectivity index (χ2v) is 2.13. The first-order valence-electron chi connectivity index (χ1n) is 2.91. The molecular formula is C5H9N5O. The number of aryl methyl sites for hydroxylation is 1. The zero-order valence-electron chi connectivity index (χ0n) is 6.03. The lowest BCUT2D eigenvalue weighted by Crippen LogP contribution is -2.14. The molecule has 0 spiro atoms. The summed E-state index contributed by atoms with van der Waals surface area (Å²) >= 11 is 0. The molecule has 0 saturated carbocycles. The van der Waals surface area contributed by atoms with Gasteiger partial charge in [0, 0.05) is 7.05 Å². The highest BCUT2D eigenvalue weighted by Crippen LogP contribution is 2.15. The average molecular weight is 155 g/mol. The number of aromatic nitrogens is 2. The van der Waals surface area contributed by atoms with E-state index in [1.54, 1.807) is 7.05 Å². The lowest BCUT2D eigenvalue weighted by atomic mass is 10.3. The second-order valence-electron chi connectivity index (χ2n) is 2.13. The SMILES string of the molecule is Cn1nc(N)c(C(N)=O)c1N. The van der Waals surface area contributed by atoms with Crippen LogP contribution in [-0.2, 0) is 7.05 Å². The molecule has 0 aliphatic rings. The number of nitrogens with two attached hydrogens (primary N) is 3. The Morgan fingerprint density at radius 2 is 2.09 bits per heavy atom. The molecule has 0 aliphatic carbocycles. The smallest absolute Gasteiger partial charge is 0.256 e. The van der Waals surface area contributed by atoms with Gasteiger partial charge in [-0.1, -0.05) is 0 Å². The minimum absolute atomic E-state index is 0.0671. The van der Waals surface area contributed by atoms with Gasteiger partial charge in [0.2, 0.25) is 0 Å². The van der Waals surface area contributed by atoms with Gasteiger partial charge in [0.25, 0.3) is 5.91 Å². The van der Waals surface area contributed by atoms with Crippen LogP contribution < -0.4 is 17.2 Å². The Bertz CT molecular complexity index is 302. The molecule has 6 nitrogen and oxygen atoms in total. The van der Waals surface area contributed by atoms with Crippen molar-refractivity contribution in [3.63, 3.8) is 0 Å². The first-order chi connectivity index (χ1) is 5.04. The Morgan fingerprint density at radius 3 is 2.27 bits per heavy atom. The summed E-state index contributed by atoms with van der Waals surface area (Å²) in [4.78, 5) is 10.7. The number of nitrogen functional groups attached to an aromatic ring is 2.